The van der Waals surface area contributed by atoms with Crippen LogP contribution in [0.15, 0.2) is 46.2 Å². The summed E-state index contributed by atoms with van der Waals surface area (Å²) in [7, 11) is 1.62. The molecule has 0 aromatic heterocycles. The van der Waals surface area contributed by atoms with E-state index in [4.69, 9.17) is 0 Å². The van der Waals surface area contributed by atoms with Gasteiger partial charge in [-0.2, -0.15) is 0 Å². The second-order valence-corrected chi connectivity index (χ2v) is 5.01. The van der Waals surface area contributed by atoms with E-state index >= 15 is 0 Å². The zero-order chi connectivity index (χ0) is 14.7. The maximum atomic E-state index is 13.6. The van der Waals surface area contributed by atoms with Gasteiger partial charge in [-0.05, 0) is 24.3 Å². The molecule has 0 aliphatic rings. The Kier molecular flexibility index (Phi) is 4.19. The van der Waals surface area contributed by atoms with Crippen molar-refractivity contribution in [3.05, 3.63) is 58.1 Å². The Labute approximate surface area is 118 Å². The predicted octanol–water partition coefficient (Wildman–Crippen LogP) is 4.07. The molecule has 0 unspecified atom stereocenters. The number of rotatable bonds is 4. The maximum absolute atomic E-state index is 13.6. The number of benzene rings is 2. The van der Waals surface area contributed by atoms with E-state index in [1.54, 1.807) is 13.1 Å². The van der Waals surface area contributed by atoms with Gasteiger partial charge < -0.3 is 5.32 Å². The molecule has 1 N–H and O–H groups in total. The van der Waals surface area contributed by atoms with E-state index < -0.39 is 16.6 Å². The Morgan fingerprint density at radius 3 is 2.60 bits per heavy atom. The van der Waals surface area contributed by atoms with E-state index in [1.807, 2.05) is 0 Å². The number of hydrogen-bond acceptors (Lipinski definition) is 4. The minimum absolute atomic E-state index is 0.0764. The Hall–Kier alpha value is -2.15. The fourth-order valence-electron chi connectivity index (χ4n) is 1.57. The fourth-order valence-corrected chi connectivity index (χ4v) is 2.53. The normalized spacial score (nSPS) is 10.3. The van der Waals surface area contributed by atoms with Crippen molar-refractivity contribution >= 4 is 23.1 Å². The lowest BCUT2D eigenvalue weighted by Gasteiger charge is -2.06. The molecule has 2 aromatic rings. The monoisotopic (exact) mass is 296 g/mol. The molecular formula is C13H10F2N2O2S. The summed E-state index contributed by atoms with van der Waals surface area (Å²) < 4.78 is 26.7. The van der Waals surface area contributed by atoms with Crippen LogP contribution in [0.2, 0.25) is 0 Å². The maximum Gasteiger partial charge on any atom is 0.272 e. The molecule has 0 saturated carbocycles. The van der Waals surface area contributed by atoms with Crippen molar-refractivity contribution in [1.29, 1.82) is 0 Å². The van der Waals surface area contributed by atoms with Crippen molar-refractivity contribution in [1.82, 2.24) is 0 Å². The molecule has 0 aliphatic carbocycles. The van der Waals surface area contributed by atoms with Gasteiger partial charge in [-0.15, -0.1) is 0 Å². The zero-order valence-electron chi connectivity index (χ0n) is 10.4. The van der Waals surface area contributed by atoms with Crippen molar-refractivity contribution < 1.29 is 13.7 Å². The van der Waals surface area contributed by atoms with Gasteiger partial charge in [0, 0.05) is 29.8 Å². The van der Waals surface area contributed by atoms with E-state index in [0.29, 0.717) is 10.6 Å². The van der Waals surface area contributed by atoms with Crippen LogP contribution >= 0.6 is 11.8 Å². The van der Waals surface area contributed by atoms with E-state index in [-0.39, 0.29) is 10.6 Å². The topological polar surface area (TPSA) is 55.2 Å². The fraction of sp³-hybridized carbons (Fsp3) is 0.0769. The van der Waals surface area contributed by atoms with Crippen LogP contribution in [0.1, 0.15) is 0 Å². The van der Waals surface area contributed by atoms with Crippen LogP contribution in [0.4, 0.5) is 20.2 Å². The second-order valence-electron chi connectivity index (χ2n) is 3.90. The molecule has 0 fully saturated rings. The van der Waals surface area contributed by atoms with E-state index in [2.05, 4.69) is 5.32 Å². The van der Waals surface area contributed by atoms with Crippen LogP contribution in [0.25, 0.3) is 0 Å². The number of halogens is 2. The number of non-ortho nitro benzene ring substituents is 1. The molecule has 0 heterocycles. The first-order valence-electron chi connectivity index (χ1n) is 5.60. The molecule has 0 aliphatic heterocycles. The molecule has 7 heteroatoms. The molecule has 2 aromatic carbocycles. The Morgan fingerprint density at radius 2 is 1.95 bits per heavy atom. The number of hydrogen-bond donors (Lipinski definition) is 1. The van der Waals surface area contributed by atoms with Gasteiger partial charge in [0.05, 0.1) is 9.82 Å². The molecule has 104 valence electrons. The van der Waals surface area contributed by atoms with Crippen LogP contribution in [0.5, 0.6) is 0 Å². The first-order valence-corrected chi connectivity index (χ1v) is 6.41. The summed E-state index contributed by atoms with van der Waals surface area (Å²) in [6, 6.07) is 7.40. The van der Waals surface area contributed by atoms with Gasteiger partial charge in [0.25, 0.3) is 5.69 Å². The lowest BCUT2D eigenvalue weighted by molar-refractivity contribution is -0.385. The standard InChI is InChI=1S/C13H10F2N2O2S/c1-16-9-5-10(17(18)19)7-11(6-9)20-13-4-8(14)2-3-12(13)15/h2-7,16H,1H3. The lowest BCUT2D eigenvalue weighted by atomic mass is 10.3. The van der Waals surface area contributed by atoms with Crippen LogP contribution in [-0.2, 0) is 0 Å². The van der Waals surface area contributed by atoms with Crippen LogP contribution < -0.4 is 5.32 Å². The highest BCUT2D eigenvalue weighted by Crippen LogP contribution is 2.34. The number of nitro benzene ring substituents is 1. The van der Waals surface area contributed by atoms with Crippen LogP contribution in [0, 0.1) is 21.7 Å². The minimum Gasteiger partial charge on any atom is -0.388 e. The van der Waals surface area contributed by atoms with Crippen LogP contribution in [0.3, 0.4) is 0 Å². The molecular weight excluding hydrogens is 286 g/mol. The van der Waals surface area contributed by atoms with E-state index in [1.165, 1.54) is 12.1 Å². The lowest BCUT2D eigenvalue weighted by Crippen LogP contribution is -1.93. The molecule has 0 bridgehead atoms. The third kappa shape index (κ3) is 3.24. The van der Waals surface area contributed by atoms with Gasteiger partial charge in [-0.1, -0.05) is 11.8 Å². The van der Waals surface area contributed by atoms with Crippen molar-refractivity contribution in [2.24, 2.45) is 0 Å². The summed E-state index contributed by atoms with van der Waals surface area (Å²) in [5.41, 5.74) is 0.412. The van der Waals surface area contributed by atoms with Crippen molar-refractivity contribution in [3.63, 3.8) is 0 Å². The number of nitrogens with one attached hydrogen (secondary N) is 1. The molecule has 0 amide bonds. The average molecular weight is 296 g/mol. The van der Waals surface area contributed by atoms with Crippen LogP contribution in [-0.4, -0.2) is 12.0 Å². The third-order valence-electron chi connectivity index (χ3n) is 2.51. The van der Waals surface area contributed by atoms with Crippen molar-refractivity contribution in [2.75, 3.05) is 12.4 Å². The molecule has 0 atom stereocenters. The third-order valence-corrected chi connectivity index (χ3v) is 3.52. The number of anilines is 1. The number of nitro groups is 1. The summed E-state index contributed by atoms with van der Waals surface area (Å²) in [6.07, 6.45) is 0. The van der Waals surface area contributed by atoms with Gasteiger partial charge >= 0.3 is 0 Å². The van der Waals surface area contributed by atoms with Gasteiger partial charge in [0.1, 0.15) is 11.6 Å². The highest BCUT2D eigenvalue weighted by molar-refractivity contribution is 7.99. The quantitative estimate of drug-likeness (QED) is 0.682. The Bertz CT molecular complexity index is 665. The Morgan fingerprint density at radius 1 is 1.20 bits per heavy atom. The molecule has 0 saturated heterocycles. The second kappa shape index (κ2) is 5.87. The van der Waals surface area contributed by atoms with Crippen molar-refractivity contribution in [3.8, 4) is 0 Å². The SMILES string of the molecule is CNc1cc(Sc2cc(F)ccc2F)cc([N+](=O)[O-])c1. The molecule has 4 nitrogen and oxygen atoms in total. The summed E-state index contributed by atoms with van der Waals surface area (Å²) in [4.78, 5) is 10.8. The minimum atomic E-state index is -0.575. The first kappa shape index (κ1) is 14.3. The molecule has 0 spiro atoms. The highest BCUT2D eigenvalue weighted by Gasteiger charge is 2.12. The zero-order valence-corrected chi connectivity index (χ0v) is 11.2. The molecule has 20 heavy (non-hydrogen) atoms. The van der Waals surface area contributed by atoms with Gasteiger partial charge in [0.15, 0.2) is 0 Å². The highest BCUT2D eigenvalue weighted by atomic mass is 32.2. The predicted molar refractivity (Wildman–Crippen MR) is 73.1 cm³/mol. The van der Waals surface area contributed by atoms with Gasteiger partial charge in [-0.25, -0.2) is 8.78 Å². The van der Waals surface area contributed by atoms with Gasteiger partial charge in [-0.3, -0.25) is 10.1 Å². The summed E-state index contributed by atoms with van der Waals surface area (Å²) in [6.45, 7) is 0. The summed E-state index contributed by atoms with van der Waals surface area (Å²) >= 11 is 0.930. The van der Waals surface area contributed by atoms with E-state index in [9.17, 15) is 18.9 Å². The molecule has 2 rings (SSSR count). The Balaban J connectivity index is 2.39. The largest absolute Gasteiger partial charge is 0.388 e. The summed E-state index contributed by atoms with van der Waals surface area (Å²) in [5, 5.41) is 13.6. The molecule has 0 radical (unpaired) electrons. The smallest absolute Gasteiger partial charge is 0.272 e. The van der Waals surface area contributed by atoms with Gasteiger partial charge in [0.2, 0.25) is 0 Å². The first-order chi connectivity index (χ1) is 9.49. The number of nitrogens with zero attached hydrogens (tertiary/aromatic N) is 1. The van der Waals surface area contributed by atoms with E-state index in [0.717, 1.165) is 30.0 Å². The van der Waals surface area contributed by atoms with Crippen molar-refractivity contribution in [2.45, 2.75) is 9.79 Å². The summed E-state index contributed by atoms with van der Waals surface area (Å²) in [5.74, 6) is -1.14. The average Bonchev–Trinajstić information content (AvgIpc) is 2.42.